The maximum atomic E-state index is 4.82. The first-order valence-electron chi connectivity index (χ1n) is 33.5. The van der Waals surface area contributed by atoms with Crippen LogP contribution in [-0.2, 0) is 12.8 Å². The van der Waals surface area contributed by atoms with Crippen molar-refractivity contribution >= 4 is 98.2 Å². The van der Waals surface area contributed by atoms with Crippen LogP contribution in [-0.4, -0.2) is 19.2 Å². The molecule has 0 bridgehead atoms. The molecule has 0 fully saturated rings. The van der Waals surface area contributed by atoms with Crippen LogP contribution in [0.3, 0.4) is 0 Å². The van der Waals surface area contributed by atoms with E-state index in [0.29, 0.717) is 5.92 Å². The van der Waals surface area contributed by atoms with Gasteiger partial charge in [0.15, 0.2) is 0 Å². The third-order valence-electron chi connectivity index (χ3n) is 17.7. The van der Waals surface area contributed by atoms with Crippen molar-refractivity contribution in [2.45, 2.75) is 311 Å². The number of thiophene rings is 4. The van der Waals surface area contributed by atoms with E-state index in [1.54, 1.807) is 16.0 Å². The molecule has 2 atom stereocenters. The number of benzene rings is 1. The quantitative estimate of drug-likeness (QED) is 0.0357. The maximum absolute atomic E-state index is 4.82. The molecule has 6 heterocycles. The molecule has 7 aromatic rings. The van der Waals surface area contributed by atoms with Gasteiger partial charge in [-0.1, -0.05) is 294 Å². The molecular weight excluding hydrogens is 1090 g/mol. The average molecular weight is 1200 g/mol. The van der Waals surface area contributed by atoms with E-state index < -0.39 is 0 Å². The minimum absolute atomic E-state index is 0.701. The first-order chi connectivity index (χ1) is 39.4. The van der Waals surface area contributed by atoms with Gasteiger partial charge in [-0.05, 0) is 103 Å². The molecule has 444 valence electrons. The molecule has 1 aromatic carbocycles. The van der Waals surface area contributed by atoms with Gasteiger partial charge < -0.3 is 0 Å². The second-order valence-corrected chi connectivity index (χ2v) is 30.6. The van der Waals surface area contributed by atoms with E-state index in [2.05, 4.69) is 103 Å². The summed E-state index contributed by atoms with van der Waals surface area (Å²) < 4.78 is 14.3. The zero-order valence-corrected chi connectivity index (χ0v) is 56.3. The Labute approximate surface area is 512 Å². The number of aromatic nitrogens is 4. The van der Waals surface area contributed by atoms with Gasteiger partial charge in [0.25, 0.3) is 0 Å². The summed E-state index contributed by atoms with van der Waals surface area (Å²) in [6.07, 6.45) is 58.4. The second kappa shape index (κ2) is 38.1. The van der Waals surface area contributed by atoms with Gasteiger partial charge in [0, 0.05) is 44.2 Å². The van der Waals surface area contributed by atoms with Gasteiger partial charge in [-0.15, -0.1) is 55.5 Å². The van der Waals surface area contributed by atoms with Crippen LogP contribution >= 0.6 is 68.4 Å². The standard InChI is InChI=1S/C70H108N4S6/c1-7-11-15-19-23-27-29-33-37-40-44-55(43-39-35-31-25-21-17-13-9-3)48-57-47-53(5)75-68(57)62-51-59-60(76-62)52-63(77-59)69-58(50-61(78-69)64-66-67(79-74-72-66)54(6)65-70(64)80-73-71-65)49-56(45-41-36-32-26-22-18-14-10-4)46-42-38-34-30-28-24-20-16-12-8-2/h47,50-52,55-56H,7-46,48-49H2,1-6H3. The molecule has 2 unspecified atom stereocenters. The van der Waals surface area contributed by atoms with Gasteiger partial charge >= 0.3 is 0 Å². The average Bonchev–Trinajstić information content (AvgIpc) is 4.34. The molecule has 10 heteroatoms. The molecule has 0 saturated carbocycles. The number of unbranched alkanes of at least 4 members (excludes halogenated alkanes) is 32. The Morgan fingerprint density at radius 2 is 0.700 bits per heavy atom. The van der Waals surface area contributed by atoms with Crippen LogP contribution in [0.15, 0.2) is 24.3 Å². The summed E-state index contributed by atoms with van der Waals surface area (Å²) in [4.78, 5) is 8.74. The Morgan fingerprint density at radius 1 is 0.350 bits per heavy atom. The third-order valence-corrected chi connectivity index (χ3v) is 24.2. The Bertz CT molecular complexity index is 2640. The van der Waals surface area contributed by atoms with Gasteiger partial charge in [-0.2, -0.15) is 0 Å². The summed E-state index contributed by atoms with van der Waals surface area (Å²) in [7, 11) is 0. The van der Waals surface area contributed by atoms with Crippen LogP contribution in [0.2, 0.25) is 0 Å². The Kier molecular flexibility index (Phi) is 31.1. The van der Waals surface area contributed by atoms with Gasteiger partial charge in [0.2, 0.25) is 0 Å². The lowest BCUT2D eigenvalue weighted by atomic mass is 9.88. The first kappa shape index (κ1) is 65.5. The van der Waals surface area contributed by atoms with E-state index in [4.69, 9.17) is 5.10 Å². The van der Waals surface area contributed by atoms with E-state index in [0.717, 1.165) is 38.3 Å². The molecule has 0 spiro atoms. The second-order valence-electron chi connectivity index (χ2n) is 24.6. The maximum Gasteiger partial charge on any atom is 0.116 e. The van der Waals surface area contributed by atoms with E-state index in [-0.39, 0.29) is 0 Å². The molecule has 0 amide bonds. The van der Waals surface area contributed by atoms with Crippen molar-refractivity contribution < 1.29 is 0 Å². The van der Waals surface area contributed by atoms with Crippen molar-refractivity contribution in [3.63, 3.8) is 0 Å². The van der Waals surface area contributed by atoms with Gasteiger partial charge in [0.05, 0.1) is 9.40 Å². The fourth-order valence-corrected chi connectivity index (χ4v) is 19.3. The molecule has 0 radical (unpaired) electrons. The molecule has 0 saturated heterocycles. The number of aryl methyl sites for hydroxylation is 2. The van der Waals surface area contributed by atoms with Crippen molar-refractivity contribution in [2.75, 3.05) is 0 Å². The number of nitrogens with zero attached hydrogens (tertiary/aromatic N) is 4. The molecule has 0 aliphatic rings. The Hall–Kier alpha value is -2.08. The predicted octanol–water partition coefficient (Wildman–Crippen LogP) is 26.7. The molecule has 80 heavy (non-hydrogen) atoms. The monoisotopic (exact) mass is 1200 g/mol. The van der Waals surface area contributed by atoms with Crippen molar-refractivity contribution in [3.8, 4) is 29.9 Å². The number of hydrogen-bond donors (Lipinski definition) is 0. The smallest absolute Gasteiger partial charge is 0.116 e. The van der Waals surface area contributed by atoms with Crippen LogP contribution in [0, 0.1) is 25.7 Å². The summed E-state index contributed by atoms with van der Waals surface area (Å²) >= 11 is 11.2. The van der Waals surface area contributed by atoms with Crippen LogP contribution in [0.5, 0.6) is 0 Å². The third kappa shape index (κ3) is 21.2. The Balaban J connectivity index is 1.10. The van der Waals surface area contributed by atoms with E-state index in [1.165, 1.54) is 326 Å². The molecule has 0 aliphatic heterocycles. The van der Waals surface area contributed by atoms with Crippen molar-refractivity contribution in [1.29, 1.82) is 0 Å². The highest BCUT2D eigenvalue weighted by atomic mass is 32.1. The molecule has 4 nitrogen and oxygen atoms in total. The van der Waals surface area contributed by atoms with Crippen LogP contribution in [0.25, 0.3) is 59.8 Å². The van der Waals surface area contributed by atoms with Crippen LogP contribution in [0.4, 0.5) is 0 Å². The normalized spacial score (nSPS) is 12.9. The Morgan fingerprint density at radius 3 is 1.11 bits per heavy atom. The highest BCUT2D eigenvalue weighted by Gasteiger charge is 2.26. The summed E-state index contributed by atoms with van der Waals surface area (Å²) in [6, 6.07) is 10.3. The molecular formula is C70H108N4S6. The summed E-state index contributed by atoms with van der Waals surface area (Å²) in [6.45, 7) is 13.8. The fourth-order valence-electron chi connectivity index (χ4n) is 12.8. The largest absolute Gasteiger partial charge is 0.139 e. The molecule has 0 N–H and O–H groups in total. The van der Waals surface area contributed by atoms with Gasteiger partial charge in [-0.3, -0.25) is 0 Å². The van der Waals surface area contributed by atoms with Gasteiger partial charge in [-0.25, -0.2) is 0 Å². The SMILES string of the molecule is CCCCCCCCCCCCC(CCCCCCCCCC)Cc1cc(C)sc1-c1cc2sc(-c3sc(-c4c5nnsc5c(C)c5nnsc45)cc3CC(CCCCCCCCCC)CCCCCCCCCCCC)cc2s1. The minimum Gasteiger partial charge on any atom is -0.139 e. The van der Waals surface area contributed by atoms with Crippen molar-refractivity contribution in [2.24, 2.45) is 11.8 Å². The zero-order valence-electron chi connectivity index (χ0n) is 51.4. The minimum atomic E-state index is 0.701. The molecule has 0 aliphatic carbocycles. The van der Waals surface area contributed by atoms with E-state index in [1.807, 2.05) is 22.7 Å². The molecule has 7 rings (SSSR count). The number of hydrogen-bond acceptors (Lipinski definition) is 10. The van der Waals surface area contributed by atoms with E-state index >= 15 is 0 Å². The highest BCUT2D eigenvalue weighted by molar-refractivity contribution is 7.33. The fraction of sp³-hybridized carbons (Fsp3) is 0.714. The number of rotatable bonds is 47. The van der Waals surface area contributed by atoms with E-state index in [9.17, 15) is 0 Å². The lowest BCUT2D eigenvalue weighted by molar-refractivity contribution is 0.400. The van der Waals surface area contributed by atoms with Crippen LogP contribution < -0.4 is 0 Å². The lowest BCUT2D eigenvalue weighted by Crippen LogP contribution is -2.05. The summed E-state index contributed by atoms with van der Waals surface area (Å²) in [5.74, 6) is 1.49. The van der Waals surface area contributed by atoms with Crippen molar-refractivity contribution in [1.82, 2.24) is 19.2 Å². The van der Waals surface area contributed by atoms with Crippen molar-refractivity contribution in [3.05, 3.63) is 45.8 Å². The first-order valence-corrected chi connectivity index (χ1v) is 38.4. The predicted molar refractivity (Wildman–Crippen MR) is 365 cm³/mol. The number of fused-ring (bicyclic) bond motifs is 3. The summed E-state index contributed by atoms with van der Waals surface area (Å²) in [5.41, 5.74) is 7.56. The highest BCUT2D eigenvalue weighted by Crippen LogP contribution is 2.51. The van der Waals surface area contributed by atoms with Crippen LogP contribution in [0.1, 0.15) is 306 Å². The van der Waals surface area contributed by atoms with Gasteiger partial charge in [0.1, 0.15) is 11.0 Å². The lowest BCUT2D eigenvalue weighted by Gasteiger charge is -2.18. The molecule has 6 aromatic heterocycles. The topological polar surface area (TPSA) is 51.6 Å². The summed E-state index contributed by atoms with van der Waals surface area (Å²) in [5, 5.41) is 9.51. The zero-order chi connectivity index (χ0) is 56.0.